The third kappa shape index (κ3) is 5.02. The molecule has 5 nitrogen and oxygen atoms in total. The number of hydrogen-bond acceptors (Lipinski definition) is 5. The lowest BCUT2D eigenvalue weighted by Gasteiger charge is -2.37. The molecule has 1 spiro atoms. The van der Waals surface area contributed by atoms with Crippen LogP contribution in [-0.2, 0) is 10.3 Å². The minimum atomic E-state index is -1.11. The van der Waals surface area contributed by atoms with Crippen molar-refractivity contribution in [3.8, 4) is 11.5 Å². The number of carbonyl (C=O) groups is 1. The molecule has 0 saturated heterocycles. The Morgan fingerprint density at radius 2 is 1.45 bits per heavy atom. The zero-order valence-electron chi connectivity index (χ0n) is 24.9. The highest BCUT2D eigenvalue weighted by atomic mass is 16.6. The van der Waals surface area contributed by atoms with Crippen molar-refractivity contribution >= 4 is 23.0 Å². The van der Waals surface area contributed by atoms with E-state index < -0.39 is 5.60 Å². The number of para-hydroxylation sites is 2. The fourth-order valence-corrected chi connectivity index (χ4v) is 6.29. The third-order valence-corrected chi connectivity index (χ3v) is 8.52. The lowest BCUT2D eigenvalue weighted by molar-refractivity contribution is 0.0224. The molecule has 6 rings (SSSR count). The van der Waals surface area contributed by atoms with E-state index in [0.29, 0.717) is 17.1 Å². The van der Waals surface area contributed by atoms with E-state index in [2.05, 4.69) is 55.3 Å². The largest absolute Gasteiger partial charge is 0.456 e. The fraction of sp³-hybridized carbons (Fsp3) is 0.324. The fourth-order valence-electron chi connectivity index (χ4n) is 6.29. The van der Waals surface area contributed by atoms with Crippen LogP contribution in [0.1, 0.15) is 85.0 Å². The summed E-state index contributed by atoms with van der Waals surface area (Å²) in [6.45, 7) is 8.55. The van der Waals surface area contributed by atoms with Gasteiger partial charge < -0.3 is 19.7 Å². The zero-order valence-corrected chi connectivity index (χ0v) is 24.9. The van der Waals surface area contributed by atoms with Gasteiger partial charge in [0.2, 0.25) is 0 Å². The minimum absolute atomic E-state index is 0.305. The molecular formula is C37H40N2O3. The van der Waals surface area contributed by atoms with E-state index in [0.717, 1.165) is 65.2 Å². The number of benzene rings is 4. The summed E-state index contributed by atoms with van der Waals surface area (Å²) in [6, 6.07) is 28.5. The van der Waals surface area contributed by atoms with Gasteiger partial charge in [0.1, 0.15) is 11.5 Å². The first kappa shape index (κ1) is 27.9. The molecule has 2 heterocycles. The maximum Gasteiger partial charge on any atom is 0.340 e. The van der Waals surface area contributed by atoms with Gasteiger partial charge in [-0.15, -0.1) is 0 Å². The molecular weight excluding hydrogens is 520 g/mol. The molecule has 42 heavy (non-hydrogen) atoms. The highest BCUT2D eigenvalue weighted by Crippen LogP contribution is 2.57. The van der Waals surface area contributed by atoms with Crippen LogP contribution in [0.5, 0.6) is 11.5 Å². The molecule has 0 bridgehead atoms. The van der Waals surface area contributed by atoms with Crippen LogP contribution in [0.25, 0.3) is 0 Å². The molecule has 0 fully saturated rings. The van der Waals surface area contributed by atoms with Crippen molar-refractivity contribution < 1.29 is 14.3 Å². The number of nitrogens with zero attached hydrogens (tertiary/aromatic N) is 1. The van der Waals surface area contributed by atoms with Crippen LogP contribution in [0.2, 0.25) is 0 Å². The van der Waals surface area contributed by atoms with Crippen molar-refractivity contribution in [1.82, 2.24) is 0 Å². The summed E-state index contributed by atoms with van der Waals surface area (Å²) in [5, 5.41) is 3.57. The molecule has 0 saturated carbocycles. The average molecular weight is 561 g/mol. The lowest BCUT2D eigenvalue weighted by Crippen LogP contribution is -2.33. The molecule has 4 aromatic carbocycles. The van der Waals surface area contributed by atoms with E-state index in [1.54, 1.807) is 0 Å². The van der Waals surface area contributed by atoms with Crippen molar-refractivity contribution in [3.63, 3.8) is 0 Å². The quantitative estimate of drug-likeness (QED) is 0.146. The Balaban J connectivity index is 1.50. The number of nitrogens with one attached hydrogen (secondary N) is 1. The third-order valence-electron chi connectivity index (χ3n) is 8.52. The number of ether oxygens (including phenoxy) is 2. The van der Waals surface area contributed by atoms with Crippen LogP contribution in [0.4, 0.5) is 17.1 Å². The number of aryl methyl sites for hydroxylation is 1. The summed E-state index contributed by atoms with van der Waals surface area (Å²) in [7, 11) is 0. The van der Waals surface area contributed by atoms with E-state index in [9.17, 15) is 4.79 Å². The molecule has 0 aliphatic carbocycles. The Morgan fingerprint density at radius 1 is 0.738 bits per heavy atom. The summed E-state index contributed by atoms with van der Waals surface area (Å²) in [5.41, 5.74) is 6.19. The number of fused-ring (bicyclic) bond motifs is 6. The molecule has 4 aromatic rings. The average Bonchev–Trinajstić information content (AvgIpc) is 3.30. The van der Waals surface area contributed by atoms with Crippen LogP contribution in [0.15, 0.2) is 84.9 Å². The van der Waals surface area contributed by atoms with Gasteiger partial charge in [0, 0.05) is 46.8 Å². The van der Waals surface area contributed by atoms with Crippen molar-refractivity contribution in [2.24, 2.45) is 0 Å². The summed E-state index contributed by atoms with van der Waals surface area (Å²) >= 11 is 0. The molecule has 1 unspecified atom stereocenters. The Morgan fingerprint density at radius 3 is 2.19 bits per heavy atom. The van der Waals surface area contributed by atoms with Crippen LogP contribution in [-0.4, -0.2) is 19.1 Å². The van der Waals surface area contributed by atoms with E-state index >= 15 is 0 Å². The van der Waals surface area contributed by atoms with Crippen LogP contribution >= 0.6 is 0 Å². The monoisotopic (exact) mass is 560 g/mol. The van der Waals surface area contributed by atoms with Gasteiger partial charge in [0.05, 0.1) is 5.56 Å². The Labute approximate surface area is 249 Å². The number of esters is 1. The maximum absolute atomic E-state index is 13.6. The summed E-state index contributed by atoms with van der Waals surface area (Å²) in [6.07, 6.45) is 7.07. The molecule has 2 aliphatic heterocycles. The Hall–Kier alpha value is -4.25. The second-order valence-corrected chi connectivity index (χ2v) is 11.5. The molecule has 0 aromatic heterocycles. The van der Waals surface area contributed by atoms with Gasteiger partial charge in [-0.1, -0.05) is 75.9 Å². The van der Waals surface area contributed by atoms with Crippen molar-refractivity contribution in [1.29, 1.82) is 0 Å². The molecule has 5 heteroatoms. The molecule has 1 atom stereocenters. The van der Waals surface area contributed by atoms with E-state index in [1.807, 2.05) is 60.7 Å². The smallest absolute Gasteiger partial charge is 0.340 e. The zero-order chi connectivity index (χ0) is 29.1. The van der Waals surface area contributed by atoms with Crippen molar-refractivity contribution in [3.05, 3.63) is 113 Å². The van der Waals surface area contributed by atoms with Gasteiger partial charge in [0.15, 0.2) is 5.60 Å². The van der Waals surface area contributed by atoms with Gasteiger partial charge in [-0.05, 0) is 73.9 Å². The Kier molecular flexibility index (Phi) is 7.92. The van der Waals surface area contributed by atoms with E-state index in [1.165, 1.54) is 25.7 Å². The summed E-state index contributed by atoms with van der Waals surface area (Å²) in [5.74, 6) is 1.11. The van der Waals surface area contributed by atoms with Gasteiger partial charge in [-0.25, -0.2) is 4.79 Å². The molecule has 2 aliphatic rings. The molecule has 0 amide bonds. The van der Waals surface area contributed by atoms with E-state index in [4.69, 9.17) is 9.47 Å². The molecule has 0 radical (unpaired) electrons. The predicted octanol–water partition coefficient (Wildman–Crippen LogP) is 9.49. The SMILES string of the molecule is CCCCCN(CCCCC)c1ccc2c(c1)C1(OC2=O)c2ccccc2Oc2cc(C)c(Nc3ccccc3)cc21. The first-order valence-electron chi connectivity index (χ1n) is 15.4. The normalized spacial score (nSPS) is 16.3. The highest BCUT2D eigenvalue weighted by molar-refractivity contribution is 5.98. The lowest BCUT2D eigenvalue weighted by atomic mass is 9.77. The number of hydrogen-bond donors (Lipinski definition) is 1. The molecule has 216 valence electrons. The second-order valence-electron chi connectivity index (χ2n) is 11.5. The van der Waals surface area contributed by atoms with Crippen molar-refractivity contribution in [2.45, 2.75) is 64.9 Å². The summed E-state index contributed by atoms with van der Waals surface area (Å²) in [4.78, 5) is 16.1. The standard InChI is InChI=1S/C37H40N2O3/c1-4-6-13-21-39(22-14-7-5-2)28-19-20-29-31(24-28)37(42-36(29)40)30-17-11-12-18-34(30)41-35-23-26(3)33(25-32(35)37)38-27-15-9-8-10-16-27/h8-12,15-20,23-25,38H,4-7,13-14,21-22H2,1-3H3. The van der Waals surface area contributed by atoms with Crippen LogP contribution in [0, 0.1) is 6.92 Å². The van der Waals surface area contributed by atoms with Gasteiger partial charge in [-0.3, -0.25) is 0 Å². The van der Waals surface area contributed by atoms with Gasteiger partial charge in [-0.2, -0.15) is 0 Å². The summed E-state index contributed by atoms with van der Waals surface area (Å²) < 4.78 is 13.0. The van der Waals surface area contributed by atoms with Crippen LogP contribution < -0.4 is 15.0 Å². The minimum Gasteiger partial charge on any atom is -0.456 e. The van der Waals surface area contributed by atoms with E-state index in [-0.39, 0.29) is 5.97 Å². The van der Waals surface area contributed by atoms with Crippen LogP contribution in [0.3, 0.4) is 0 Å². The van der Waals surface area contributed by atoms with Crippen molar-refractivity contribution in [2.75, 3.05) is 23.3 Å². The maximum atomic E-state index is 13.6. The first-order valence-corrected chi connectivity index (χ1v) is 15.4. The highest BCUT2D eigenvalue weighted by Gasteiger charge is 2.54. The molecule has 1 N–H and O–H groups in total. The number of carbonyl (C=O) groups excluding carboxylic acids is 1. The number of rotatable bonds is 11. The number of unbranched alkanes of at least 4 members (excludes halogenated alkanes) is 4. The Bertz CT molecular complexity index is 1570. The number of anilines is 3. The second kappa shape index (κ2) is 11.9. The predicted molar refractivity (Wildman–Crippen MR) is 170 cm³/mol. The van der Waals surface area contributed by atoms with Gasteiger partial charge >= 0.3 is 5.97 Å². The topological polar surface area (TPSA) is 50.8 Å². The first-order chi connectivity index (χ1) is 20.5. The van der Waals surface area contributed by atoms with Gasteiger partial charge in [0.25, 0.3) is 0 Å².